The van der Waals surface area contributed by atoms with E-state index in [1.165, 1.54) is 58.2 Å². The van der Waals surface area contributed by atoms with Crippen molar-refractivity contribution < 1.29 is 8.83 Å². The summed E-state index contributed by atoms with van der Waals surface area (Å²) >= 11 is 1.85. The maximum absolute atomic E-state index is 6.96. The van der Waals surface area contributed by atoms with Crippen LogP contribution in [-0.2, 0) is 0 Å². The Hall–Kier alpha value is -8.83. The Bertz CT molecular complexity index is 4650. The van der Waals surface area contributed by atoms with Gasteiger partial charge in [0, 0.05) is 64.8 Å². The van der Waals surface area contributed by atoms with E-state index in [-0.39, 0.29) is 0 Å². The van der Waals surface area contributed by atoms with E-state index in [1.807, 2.05) is 23.5 Å². The minimum atomic E-state index is 0.639. The van der Waals surface area contributed by atoms with E-state index in [2.05, 4.69) is 226 Å². The molecule has 0 aliphatic heterocycles. The highest BCUT2D eigenvalue weighted by Crippen LogP contribution is 2.46. The van der Waals surface area contributed by atoms with Crippen molar-refractivity contribution in [3.05, 3.63) is 241 Å². The van der Waals surface area contributed by atoms with Crippen LogP contribution >= 0.6 is 11.3 Å². The number of hydrogen-bond acceptors (Lipinski definition) is 4. The maximum Gasteiger partial charge on any atom is 0.143 e. The number of hydrogen-bond donors (Lipinski definition) is 0. The van der Waals surface area contributed by atoms with E-state index in [0.29, 0.717) is 6.42 Å². The minimum absolute atomic E-state index is 0.639. The van der Waals surface area contributed by atoms with Crippen molar-refractivity contribution in [2.24, 2.45) is 4.99 Å². The first-order chi connectivity index (χ1) is 36.1. The van der Waals surface area contributed by atoms with E-state index in [4.69, 9.17) is 13.8 Å². The molecule has 14 aromatic rings. The van der Waals surface area contributed by atoms with Gasteiger partial charge < -0.3 is 8.83 Å². The lowest BCUT2D eigenvalue weighted by atomic mass is 9.90. The largest absolute Gasteiger partial charge is 0.456 e. The topological polar surface area (TPSA) is 38.6 Å². The SMILES string of the molecule is CC/C=C(/N=C(\C/C(C)=C\c1cccc2oc3ccccc3c12)c1cc2ccccc2c2ccccc12)c1ccc(-c2cccc3oc4c(-c5cccc6sc7ccccc7c56)cccc4c23)c2ccccc12. The van der Waals surface area contributed by atoms with Gasteiger partial charge in [0.25, 0.3) is 0 Å². The smallest absolute Gasteiger partial charge is 0.143 e. The molecule has 3 nitrogen and oxygen atoms in total. The highest BCUT2D eigenvalue weighted by atomic mass is 32.1. The summed E-state index contributed by atoms with van der Waals surface area (Å²) in [5.41, 5.74) is 14.7. The van der Waals surface area contributed by atoms with Gasteiger partial charge in [0.1, 0.15) is 22.3 Å². The number of thiophene rings is 1. The highest BCUT2D eigenvalue weighted by molar-refractivity contribution is 7.26. The zero-order chi connectivity index (χ0) is 48.6. The predicted molar refractivity (Wildman–Crippen MR) is 313 cm³/mol. The molecule has 73 heavy (non-hydrogen) atoms. The molecule has 3 heterocycles. The lowest BCUT2D eigenvalue weighted by Gasteiger charge is -2.17. The van der Waals surface area contributed by atoms with Gasteiger partial charge in [-0.15, -0.1) is 11.3 Å². The van der Waals surface area contributed by atoms with Gasteiger partial charge in [0.15, 0.2) is 0 Å². The fourth-order valence-corrected chi connectivity index (χ4v) is 12.7. The standard InChI is InChI=1S/C69H47NO2S/c1-3-18-59(70-60(58-41-43-19-4-5-21-45(43)46-22-6-9-25-49(46)58)40-42(2)39-44-20-14-33-62-66(44)55-26-10-12-32-61(55)71-62)51-38-37-50(47-23-7-8-24-48(47)51)52-28-16-34-63-67(52)57-31-15-30-54(69(57)72-63)53-29-17-36-65-68(53)56-27-11-13-35-64(56)73-65/h4-39,41H,3,40H2,1-2H3/b42-39-,59-18+,70-60+. The van der Waals surface area contributed by atoms with E-state index in [1.54, 1.807) is 0 Å². The van der Waals surface area contributed by atoms with Crippen LogP contribution in [0.1, 0.15) is 43.4 Å². The fourth-order valence-electron chi connectivity index (χ4n) is 11.6. The fraction of sp³-hybridized carbons (Fsp3) is 0.0580. The van der Waals surface area contributed by atoms with Crippen LogP contribution in [-0.4, -0.2) is 5.71 Å². The quantitative estimate of drug-likeness (QED) is 0.107. The molecule has 0 amide bonds. The molecule has 0 atom stereocenters. The third-order valence-corrected chi connectivity index (χ3v) is 15.9. The van der Waals surface area contributed by atoms with Crippen LogP contribution in [0.15, 0.2) is 238 Å². The highest BCUT2D eigenvalue weighted by Gasteiger charge is 2.22. The summed E-state index contributed by atoms with van der Waals surface area (Å²) < 4.78 is 15.9. The number of para-hydroxylation sites is 2. The zero-order valence-electron chi connectivity index (χ0n) is 40.4. The van der Waals surface area contributed by atoms with Gasteiger partial charge in [-0.1, -0.05) is 201 Å². The Labute approximate surface area is 426 Å². The van der Waals surface area contributed by atoms with Crippen LogP contribution in [0, 0.1) is 0 Å². The molecular weight excluding hydrogens is 907 g/mol. The molecule has 14 rings (SSSR count). The average Bonchev–Trinajstić information content (AvgIpc) is 4.15. The molecule has 0 N–H and O–H groups in total. The zero-order valence-corrected chi connectivity index (χ0v) is 41.3. The number of allylic oxidation sites excluding steroid dienone is 2. The lowest BCUT2D eigenvalue weighted by Crippen LogP contribution is -2.05. The van der Waals surface area contributed by atoms with Gasteiger partial charge in [-0.05, 0) is 104 Å². The van der Waals surface area contributed by atoms with Crippen LogP contribution in [0.2, 0.25) is 0 Å². The summed E-state index contributed by atoms with van der Waals surface area (Å²) in [6.45, 7) is 4.44. The Morgan fingerprint density at radius 2 is 1.05 bits per heavy atom. The average molecular weight is 954 g/mol. The summed E-state index contributed by atoms with van der Waals surface area (Å²) in [6, 6.07) is 76.5. The van der Waals surface area contributed by atoms with Crippen molar-refractivity contribution in [2.75, 3.05) is 0 Å². The van der Waals surface area contributed by atoms with Crippen LogP contribution in [0.3, 0.4) is 0 Å². The van der Waals surface area contributed by atoms with Crippen molar-refractivity contribution in [1.82, 2.24) is 0 Å². The molecule has 0 saturated carbocycles. The molecule has 346 valence electrons. The molecule has 0 bridgehead atoms. The molecule has 4 heteroatoms. The number of fused-ring (bicyclic) bond motifs is 13. The predicted octanol–water partition coefficient (Wildman–Crippen LogP) is 20.4. The molecule has 0 aliphatic rings. The van der Waals surface area contributed by atoms with Crippen LogP contribution in [0.5, 0.6) is 0 Å². The second-order valence-electron chi connectivity index (χ2n) is 19.2. The lowest BCUT2D eigenvalue weighted by molar-refractivity contribution is 0.669. The van der Waals surface area contributed by atoms with E-state index in [9.17, 15) is 0 Å². The van der Waals surface area contributed by atoms with Crippen molar-refractivity contribution in [3.8, 4) is 22.3 Å². The van der Waals surface area contributed by atoms with Crippen molar-refractivity contribution in [3.63, 3.8) is 0 Å². The molecule has 11 aromatic carbocycles. The number of furan rings is 2. The second kappa shape index (κ2) is 17.5. The summed E-state index contributed by atoms with van der Waals surface area (Å²) in [6.07, 6.45) is 6.08. The van der Waals surface area contributed by atoms with Gasteiger partial charge in [0.2, 0.25) is 0 Å². The van der Waals surface area contributed by atoms with Gasteiger partial charge >= 0.3 is 0 Å². The normalized spacial score (nSPS) is 12.9. The molecule has 0 fully saturated rings. The first-order valence-electron chi connectivity index (χ1n) is 25.2. The van der Waals surface area contributed by atoms with Crippen molar-refractivity contribution in [1.29, 1.82) is 0 Å². The van der Waals surface area contributed by atoms with Gasteiger partial charge in [-0.2, -0.15) is 0 Å². The van der Waals surface area contributed by atoms with E-state index in [0.717, 1.165) is 100 Å². The second-order valence-corrected chi connectivity index (χ2v) is 20.3. The third-order valence-electron chi connectivity index (χ3n) is 14.7. The Morgan fingerprint density at radius 3 is 1.89 bits per heavy atom. The summed E-state index contributed by atoms with van der Waals surface area (Å²) in [5, 5.41) is 14.2. The minimum Gasteiger partial charge on any atom is -0.456 e. The number of rotatable bonds is 9. The summed E-state index contributed by atoms with van der Waals surface area (Å²) in [7, 11) is 0. The van der Waals surface area contributed by atoms with Crippen molar-refractivity contribution >= 4 is 125 Å². The maximum atomic E-state index is 6.96. The first kappa shape index (κ1) is 43.0. The Kier molecular flexibility index (Phi) is 10.3. The number of benzene rings is 11. The van der Waals surface area contributed by atoms with Crippen LogP contribution in [0.4, 0.5) is 0 Å². The molecule has 0 saturated heterocycles. The van der Waals surface area contributed by atoms with E-state index < -0.39 is 0 Å². The van der Waals surface area contributed by atoms with Gasteiger partial charge in [-0.25, -0.2) is 0 Å². The van der Waals surface area contributed by atoms with Crippen LogP contribution in [0.25, 0.3) is 130 Å². The first-order valence-corrected chi connectivity index (χ1v) is 26.0. The monoisotopic (exact) mass is 953 g/mol. The Balaban J connectivity index is 0.936. The van der Waals surface area contributed by atoms with Gasteiger partial charge in [-0.3, -0.25) is 4.99 Å². The molecule has 0 radical (unpaired) electrons. The number of nitrogens with zero attached hydrogens (tertiary/aromatic N) is 1. The summed E-state index contributed by atoms with van der Waals surface area (Å²) in [5.74, 6) is 0. The number of aliphatic imine (C=N–C) groups is 1. The summed E-state index contributed by atoms with van der Waals surface area (Å²) in [4.78, 5) is 5.86. The third kappa shape index (κ3) is 7.12. The molecule has 0 spiro atoms. The van der Waals surface area contributed by atoms with Gasteiger partial charge in [0.05, 0.1) is 11.4 Å². The van der Waals surface area contributed by atoms with E-state index >= 15 is 0 Å². The molecular formula is C69H47NO2S. The molecule has 0 unspecified atom stereocenters. The van der Waals surface area contributed by atoms with Crippen LogP contribution < -0.4 is 0 Å². The molecule has 3 aromatic heterocycles. The molecule has 0 aliphatic carbocycles. The Morgan fingerprint density at radius 1 is 0.452 bits per heavy atom. The van der Waals surface area contributed by atoms with Crippen molar-refractivity contribution in [2.45, 2.75) is 26.7 Å².